The topological polar surface area (TPSA) is 54.2 Å². The molecule has 0 spiro atoms. The Morgan fingerprint density at radius 1 is 1.02 bits per heavy atom. The highest BCUT2D eigenvalue weighted by atomic mass is 32.1. The molecule has 42 heavy (non-hydrogen) atoms. The molecule has 0 bridgehead atoms. The van der Waals surface area contributed by atoms with E-state index in [1.54, 1.807) is 18.4 Å². The third kappa shape index (κ3) is 8.03. The van der Waals surface area contributed by atoms with Gasteiger partial charge in [0.1, 0.15) is 17.1 Å². The smallest absolute Gasteiger partial charge is 0.292 e. The Balaban J connectivity index is 1.73. The number of anilines is 1. The van der Waals surface area contributed by atoms with Crippen LogP contribution in [0.1, 0.15) is 68.7 Å². The number of hydrogen-bond donors (Lipinski definition) is 0. The number of unbranched alkanes of at least 4 members (excludes halogenated alkanes) is 2. The second-order valence-corrected chi connectivity index (χ2v) is 11.4. The Kier molecular flexibility index (Phi) is 11.8. The molecule has 0 atom stereocenters. The summed E-state index contributed by atoms with van der Waals surface area (Å²) >= 11 is 1.62. The van der Waals surface area contributed by atoms with E-state index in [4.69, 9.17) is 22.6 Å². The predicted octanol–water partition coefficient (Wildman–Crippen LogP) is 9.54. The third-order valence-corrected chi connectivity index (χ3v) is 7.89. The van der Waals surface area contributed by atoms with E-state index in [2.05, 4.69) is 58.8 Å². The van der Waals surface area contributed by atoms with E-state index in [9.17, 15) is 5.26 Å². The Hall–Kier alpha value is -4.51. The van der Waals surface area contributed by atoms with Crippen LogP contribution in [-0.2, 0) is 4.74 Å². The van der Waals surface area contributed by atoms with Gasteiger partial charge < -0.3 is 14.4 Å². The molecule has 0 saturated heterocycles. The summed E-state index contributed by atoms with van der Waals surface area (Å²) < 4.78 is 11.6. The number of benzene rings is 1. The largest absolute Gasteiger partial charge is 0.505 e. The number of thiophene rings is 1. The lowest BCUT2D eigenvalue weighted by Gasteiger charge is -2.25. The molecular formula is C35H38N4O2S. The molecule has 0 aliphatic carbocycles. The van der Waals surface area contributed by atoms with Gasteiger partial charge in [-0.05, 0) is 63.1 Å². The summed E-state index contributed by atoms with van der Waals surface area (Å²) in [6.07, 6.45) is 16.6. The lowest BCUT2D eigenvalue weighted by atomic mass is 9.97. The molecule has 1 aliphatic heterocycles. The highest BCUT2D eigenvalue weighted by Gasteiger charge is 2.38. The van der Waals surface area contributed by atoms with Gasteiger partial charge in [0.2, 0.25) is 5.70 Å². The van der Waals surface area contributed by atoms with E-state index in [1.807, 2.05) is 56.4 Å². The zero-order valence-electron chi connectivity index (χ0n) is 25.1. The summed E-state index contributed by atoms with van der Waals surface area (Å²) in [7, 11) is 1.72. The second kappa shape index (κ2) is 15.5. The number of hydrogen-bond acceptors (Lipinski definition) is 5. The molecule has 1 aromatic carbocycles. The first kappa shape index (κ1) is 32.0. The number of allylic oxidation sites excluding steroid dienone is 3. The first-order valence-corrected chi connectivity index (χ1v) is 15.0. The summed E-state index contributed by atoms with van der Waals surface area (Å²) in [5, 5.41) is 9.27. The van der Waals surface area contributed by atoms with Crippen LogP contribution in [0.4, 0.5) is 5.69 Å². The molecule has 1 aliphatic rings. The number of nitriles is 1. The lowest BCUT2D eigenvalue weighted by Crippen LogP contribution is -2.25. The molecule has 2 aromatic rings. The van der Waals surface area contributed by atoms with E-state index in [1.165, 1.54) is 31.4 Å². The molecule has 2 heterocycles. The van der Waals surface area contributed by atoms with Crippen LogP contribution >= 0.6 is 11.3 Å². The van der Waals surface area contributed by atoms with E-state index in [-0.39, 0.29) is 17.2 Å². The van der Waals surface area contributed by atoms with Crippen LogP contribution in [-0.4, -0.2) is 25.8 Å². The van der Waals surface area contributed by atoms with Gasteiger partial charge in [0.25, 0.3) is 5.70 Å². The maximum Gasteiger partial charge on any atom is 0.292 e. The molecule has 3 rings (SSSR count). The van der Waals surface area contributed by atoms with Crippen molar-refractivity contribution in [1.82, 2.24) is 0 Å². The Labute approximate surface area is 254 Å². The maximum atomic E-state index is 9.27. The fraction of sp³-hybridized carbons (Fsp3) is 0.343. The van der Waals surface area contributed by atoms with E-state index in [0.717, 1.165) is 34.2 Å². The van der Waals surface area contributed by atoms with Crippen LogP contribution in [0.25, 0.3) is 27.9 Å². The van der Waals surface area contributed by atoms with E-state index >= 15 is 0 Å². The van der Waals surface area contributed by atoms with Gasteiger partial charge in [-0.2, -0.15) is 0 Å². The van der Waals surface area contributed by atoms with Crippen molar-refractivity contribution in [3.8, 4) is 11.8 Å². The summed E-state index contributed by atoms with van der Waals surface area (Å²) in [6.45, 7) is 25.1. The Morgan fingerprint density at radius 3 is 2.29 bits per heavy atom. The van der Waals surface area contributed by atoms with Gasteiger partial charge >= 0.3 is 0 Å². The zero-order chi connectivity index (χ0) is 30.5. The molecule has 0 N–H and O–H groups in total. The quantitative estimate of drug-likeness (QED) is 0.135. The van der Waals surface area contributed by atoms with Crippen LogP contribution in [0.3, 0.4) is 0 Å². The number of rotatable bonds is 13. The SMILES string of the molecule is [C-]#[N+]C1=C(/C=C/c2ccc(/C=C/C=C/c3ccc(N(CCCC)CCCC)cc3OC)s2)C(C)(C)O/C1=C(\C#N)[N+]#[C-]. The zero-order valence-corrected chi connectivity index (χ0v) is 25.9. The van der Waals surface area contributed by atoms with Gasteiger partial charge in [-0.1, -0.05) is 51.0 Å². The van der Waals surface area contributed by atoms with Crippen molar-refractivity contribution in [2.24, 2.45) is 0 Å². The van der Waals surface area contributed by atoms with Gasteiger partial charge in [0, 0.05) is 45.7 Å². The first-order chi connectivity index (χ1) is 20.3. The minimum atomic E-state index is -0.814. The molecule has 1 aromatic heterocycles. The monoisotopic (exact) mass is 578 g/mol. The molecule has 0 saturated carbocycles. The second-order valence-electron chi connectivity index (χ2n) is 10.3. The number of methoxy groups -OCH3 is 1. The van der Waals surface area contributed by atoms with E-state index in [0.29, 0.717) is 5.57 Å². The highest BCUT2D eigenvalue weighted by Crippen LogP contribution is 2.41. The van der Waals surface area contributed by atoms with Gasteiger partial charge in [-0.3, -0.25) is 0 Å². The summed E-state index contributed by atoms with van der Waals surface area (Å²) in [5.74, 6) is 0.923. The van der Waals surface area contributed by atoms with Crippen LogP contribution in [0.5, 0.6) is 5.75 Å². The summed E-state index contributed by atoms with van der Waals surface area (Å²) in [4.78, 5) is 11.4. The standard InChI is InChI=1S/C35H38N4O2S/c1-8-10-22-39(23-11-9-2)27-17-16-26(32(24-27)40-7)14-12-13-15-28-18-19-29(42-28)20-21-30-33(38-6)34(31(25-36)37-5)41-35(30,3)4/h12-21,24H,8-11,22-23H2,1-4,7H3/b14-12+,15-13+,21-20+,34-31+. The molecule has 6 nitrogen and oxygen atoms in total. The van der Waals surface area contributed by atoms with Gasteiger partial charge in [-0.15, -0.1) is 11.3 Å². The predicted molar refractivity (Wildman–Crippen MR) is 174 cm³/mol. The first-order valence-electron chi connectivity index (χ1n) is 14.2. The fourth-order valence-electron chi connectivity index (χ4n) is 4.57. The van der Waals surface area contributed by atoms with Crippen molar-refractivity contribution >= 4 is 35.3 Å². The molecule has 216 valence electrons. The van der Waals surface area contributed by atoms with Crippen LogP contribution < -0.4 is 9.64 Å². The maximum absolute atomic E-state index is 9.27. The lowest BCUT2D eigenvalue weighted by molar-refractivity contribution is 0.0952. The van der Waals surface area contributed by atoms with Crippen molar-refractivity contribution in [3.63, 3.8) is 0 Å². The van der Waals surface area contributed by atoms with Crippen LogP contribution in [0.15, 0.2) is 71.3 Å². The van der Waals surface area contributed by atoms with Gasteiger partial charge in [0.05, 0.1) is 26.3 Å². The van der Waals surface area contributed by atoms with Crippen molar-refractivity contribution < 1.29 is 9.47 Å². The Bertz CT molecular complexity index is 1510. The van der Waals surface area contributed by atoms with Crippen molar-refractivity contribution in [3.05, 3.63) is 109 Å². The van der Waals surface area contributed by atoms with Crippen molar-refractivity contribution in [2.75, 3.05) is 25.1 Å². The Morgan fingerprint density at radius 2 is 1.69 bits per heavy atom. The molecule has 0 radical (unpaired) electrons. The van der Waals surface area contributed by atoms with Crippen LogP contribution in [0, 0.1) is 24.5 Å². The summed E-state index contributed by atoms with van der Waals surface area (Å²) in [6, 6.07) is 12.3. The fourth-order valence-corrected chi connectivity index (χ4v) is 5.40. The number of nitrogens with zero attached hydrogens (tertiary/aromatic N) is 4. The van der Waals surface area contributed by atoms with Crippen LogP contribution in [0.2, 0.25) is 0 Å². The average Bonchev–Trinajstić information content (AvgIpc) is 3.55. The normalized spacial score (nSPS) is 15.6. The molecular weight excluding hydrogens is 540 g/mol. The molecule has 0 fully saturated rings. The van der Waals surface area contributed by atoms with E-state index < -0.39 is 5.60 Å². The molecule has 7 heteroatoms. The average molecular weight is 579 g/mol. The van der Waals surface area contributed by atoms with Gasteiger partial charge in [-0.25, -0.2) is 15.0 Å². The van der Waals surface area contributed by atoms with Crippen molar-refractivity contribution in [2.45, 2.75) is 59.0 Å². The third-order valence-electron chi connectivity index (χ3n) is 6.88. The molecule has 0 unspecified atom stereocenters. The minimum Gasteiger partial charge on any atom is -0.505 e. The highest BCUT2D eigenvalue weighted by molar-refractivity contribution is 7.13. The van der Waals surface area contributed by atoms with Crippen molar-refractivity contribution in [1.29, 1.82) is 5.26 Å². The molecule has 0 amide bonds. The number of ether oxygens (including phenoxy) is 2. The van der Waals surface area contributed by atoms with Gasteiger partial charge in [0.15, 0.2) is 0 Å². The minimum absolute atomic E-state index is 0.0605. The summed E-state index contributed by atoms with van der Waals surface area (Å²) in [5.41, 5.74) is 2.08.